The fourth-order valence-electron chi connectivity index (χ4n) is 1.85. The van der Waals surface area contributed by atoms with Gasteiger partial charge in [0.05, 0.1) is 11.4 Å². The number of halogens is 1. The number of H-pyrrole nitrogens is 1. The van der Waals surface area contributed by atoms with Crippen LogP contribution in [0.5, 0.6) is 0 Å². The highest BCUT2D eigenvalue weighted by molar-refractivity contribution is 7.89. The molecule has 1 aromatic carbocycles. The van der Waals surface area contributed by atoms with Crippen LogP contribution in [0.15, 0.2) is 29.2 Å². The number of hydrogen-bond acceptors (Lipinski definition) is 4. The molecular weight excluding hydrogens is 300 g/mol. The predicted molar refractivity (Wildman–Crippen MR) is 76.7 cm³/mol. The van der Waals surface area contributed by atoms with Gasteiger partial charge in [-0.25, -0.2) is 13.1 Å². The van der Waals surface area contributed by atoms with Crippen molar-refractivity contribution in [3.05, 3.63) is 46.2 Å². The third-order valence-corrected chi connectivity index (χ3v) is 4.81. The number of aromatic nitrogens is 2. The molecule has 0 radical (unpaired) electrons. The van der Waals surface area contributed by atoms with Gasteiger partial charge in [-0.1, -0.05) is 29.8 Å². The fourth-order valence-corrected chi connectivity index (χ4v) is 3.43. The van der Waals surface area contributed by atoms with Crippen LogP contribution in [0.25, 0.3) is 0 Å². The van der Waals surface area contributed by atoms with Crippen LogP contribution in [0, 0.1) is 6.92 Å². The van der Waals surface area contributed by atoms with E-state index in [1.54, 1.807) is 31.2 Å². The lowest BCUT2D eigenvalue weighted by Crippen LogP contribution is -2.25. The van der Waals surface area contributed by atoms with Crippen LogP contribution in [-0.2, 0) is 23.1 Å². The molecule has 0 spiro atoms. The third-order valence-electron chi connectivity index (χ3n) is 2.83. The number of nitrogens with one attached hydrogen (secondary N) is 2. The van der Waals surface area contributed by atoms with Crippen LogP contribution in [0.4, 0.5) is 0 Å². The Morgan fingerprint density at radius 2 is 2.10 bits per heavy atom. The lowest BCUT2D eigenvalue weighted by Gasteiger charge is -2.08. The Morgan fingerprint density at radius 1 is 1.40 bits per heavy atom. The number of nitrogens with two attached hydrogens (primary N) is 1. The predicted octanol–water partition coefficient (Wildman–Crippen LogP) is 1.31. The highest BCUT2D eigenvalue weighted by Gasteiger charge is 2.23. The SMILES string of the molecule is Cc1[nH]nc(CN)c1S(=O)(=O)NCc1ccccc1Cl. The average molecular weight is 315 g/mol. The molecule has 8 heteroatoms. The summed E-state index contributed by atoms with van der Waals surface area (Å²) in [5, 5.41) is 7.02. The van der Waals surface area contributed by atoms with Gasteiger partial charge < -0.3 is 5.73 Å². The molecule has 108 valence electrons. The molecule has 0 saturated heterocycles. The maximum atomic E-state index is 12.3. The summed E-state index contributed by atoms with van der Waals surface area (Å²) in [7, 11) is -3.69. The Labute approximate surface area is 122 Å². The summed E-state index contributed by atoms with van der Waals surface area (Å²) >= 11 is 5.99. The minimum atomic E-state index is -3.69. The smallest absolute Gasteiger partial charge is 0.244 e. The zero-order chi connectivity index (χ0) is 14.8. The van der Waals surface area contributed by atoms with Crippen molar-refractivity contribution >= 4 is 21.6 Å². The van der Waals surface area contributed by atoms with Crippen molar-refractivity contribution in [2.24, 2.45) is 5.73 Å². The Bertz CT molecular complexity index is 712. The molecule has 0 atom stereocenters. The van der Waals surface area contributed by atoms with E-state index in [1.165, 1.54) is 0 Å². The Kier molecular flexibility index (Phi) is 4.44. The summed E-state index contributed by atoms with van der Waals surface area (Å²) in [6.45, 7) is 1.79. The van der Waals surface area contributed by atoms with Gasteiger partial charge >= 0.3 is 0 Å². The van der Waals surface area contributed by atoms with E-state index in [0.29, 0.717) is 22.0 Å². The lowest BCUT2D eigenvalue weighted by molar-refractivity contribution is 0.579. The molecule has 2 aromatic rings. The molecule has 1 heterocycles. The van der Waals surface area contributed by atoms with Crippen molar-refractivity contribution in [3.63, 3.8) is 0 Å². The molecule has 4 N–H and O–H groups in total. The Balaban J connectivity index is 2.24. The largest absolute Gasteiger partial charge is 0.325 e. The van der Waals surface area contributed by atoms with Crippen molar-refractivity contribution in [1.82, 2.24) is 14.9 Å². The molecule has 0 saturated carbocycles. The minimum absolute atomic E-state index is 0.0483. The monoisotopic (exact) mass is 314 g/mol. The first-order valence-electron chi connectivity index (χ1n) is 5.92. The van der Waals surface area contributed by atoms with Crippen LogP contribution in [0.1, 0.15) is 17.0 Å². The first-order valence-corrected chi connectivity index (χ1v) is 7.79. The number of hydrogen-bond donors (Lipinski definition) is 3. The van der Waals surface area contributed by atoms with Gasteiger partial charge in [-0.3, -0.25) is 5.10 Å². The summed E-state index contributed by atoms with van der Waals surface area (Å²) < 4.78 is 27.1. The van der Waals surface area contributed by atoms with Crippen LogP contribution >= 0.6 is 11.6 Å². The molecule has 0 aliphatic rings. The Hall–Kier alpha value is -1.41. The second kappa shape index (κ2) is 5.92. The molecule has 20 heavy (non-hydrogen) atoms. The van der Waals surface area contributed by atoms with E-state index < -0.39 is 10.0 Å². The highest BCUT2D eigenvalue weighted by Crippen LogP contribution is 2.19. The first kappa shape index (κ1) is 15.0. The van der Waals surface area contributed by atoms with Gasteiger partial charge in [0, 0.05) is 18.1 Å². The van der Waals surface area contributed by atoms with Crippen molar-refractivity contribution in [2.45, 2.75) is 24.9 Å². The Morgan fingerprint density at radius 3 is 2.75 bits per heavy atom. The van der Waals surface area contributed by atoms with Crippen molar-refractivity contribution in [3.8, 4) is 0 Å². The molecule has 0 bridgehead atoms. The second-order valence-corrected chi connectivity index (χ2v) is 6.36. The molecule has 0 aliphatic heterocycles. The molecular formula is C12H15ClN4O2S. The molecule has 0 amide bonds. The van der Waals surface area contributed by atoms with Gasteiger partial charge in [-0.2, -0.15) is 5.10 Å². The van der Waals surface area contributed by atoms with Gasteiger partial charge in [-0.05, 0) is 18.6 Å². The number of aromatic amines is 1. The van der Waals surface area contributed by atoms with E-state index >= 15 is 0 Å². The zero-order valence-corrected chi connectivity index (χ0v) is 12.4. The van der Waals surface area contributed by atoms with Crippen LogP contribution in [0.3, 0.4) is 0 Å². The zero-order valence-electron chi connectivity index (χ0n) is 10.9. The number of benzene rings is 1. The summed E-state index contributed by atoms with van der Waals surface area (Å²) in [5.41, 5.74) is 6.97. The maximum absolute atomic E-state index is 12.3. The van der Waals surface area contributed by atoms with Gasteiger partial charge in [-0.15, -0.1) is 0 Å². The summed E-state index contributed by atoms with van der Waals surface area (Å²) in [5.74, 6) is 0. The van der Waals surface area contributed by atoms with Crippen LogP contribution in [0.2, 0.25) is 5.02 Å². The van der Waals surface area contributed by atoms with Gasteiger partial charge in [0.2, 0.25) is 10.0 Å². The molecule has 0 fully saturated rings. The molecule has 6 nitrogen and oxygen atoms in total. The molecule has 2 rings (SSSR count). The fraction of sp³-hybridized carbons (Fsp3) is 0.250. The van der Waals surface area contributed by atoms with Crippen LogP contribution in [-0.4, -0.2) is 18.6 Å². The van der Waals surface area contributed by atoms with Gasteiger partial charge in [0.1, 0.15) is 4.90 Å². The molecule has 0 aliphatic carbocycles. The molecule has 1 aromatic heterocycles. The number of aryl methyl sites for hydroxylation is 1. The van der Waals surface area contributed by atoms with E-state index in [0.717, 1.165) is 0 Å². The van der Waals surface area contributed by atoms with Crippen molar-refractivity contribution in [1.29, 1.82) is 0 Å². The van der Waals surface area contributed by atoms with Gasteiger partial charge in [0.25, 0.3) is 0 Å². The average Bonchev–Trinajstić information content (AvgIpc) is 2.80. The number of rotatable bonds is 5. The van der Waals surface area contributed by atoms with Crippen molar-refractivity contribution in [2.75, 3.05) is 0 Å². The normalized spacial score (nSPS) is 11.8. The lowest BCUT2D eigenvalue weighted by atomic mass is 10.2. The van der Waals surface area contributed by atoms with E-state index in [-0.39, 0.29) is 18.0 Å². The maximum Gasteiger partial charge on any atom is 0.244 e. The topological polar surface area (TPSA) is 101 Å². The minimum Gasteiger partial charge on any atom is -0.325 e. The third kappa shape index (κ3) is 3.01. The van der Waals surface area contributed by atoms with E-state index in [2.05, 4.69) is 14.9 Å². The summed E-state index contributed by atoms with van der Waals surface area (Å²) in [6, 6.07) is 7.05. The first-order chi connectivity index (χ1) is 9.45. The van der Waals surface area contributed by atoms with E-state index in [9.17, 15) is 8.42 Å². The quantitative estimate of drug-likeness (QED) is 0.774. The van der Waals surface area contributed by atoms with E-state index in [1.807, 2.05) is 0 Å². The van der Waals surface area contributed by atoms with Gasteiger partial charge in [0.15, 0.2) is 0 Å². The summed E-state index contributed by atoms with van der Waals surface area (Å²) in [4.78, 5) is 0.104. The van der Waals surface area contributed by atoms with E-state index in [4.69, 9.17) is 17.3 Å². The summed E-state index contributed by atoms with van der Waals surface area (Å²) in [6.07, 6.45) is 0. The number of sulfonamides is 1. The second-order valence-electron chi connectivity index (χ2n) is 4.24. The standard InChI is InChI=1S/C12H15ClN4O2S/c1-8-12(11(6-14)17-16-8)20(18,19)15-7-9-4-2-3-5-10(9)13/h2-5,15H,6-7,14H2,1H3,(H,16,17). The molecule has 0 unspecified atom stereocenters. The van der Waals surface area contributed by atoms with Crippen molar-refractivity contribution < 1.29 is 8.42 Å². The highest BCUT2D eigenvalue weighted by atomic mass is 35.5. The number of nitrogens with zero attached hydrogens (tertiary/aromatic N) is 1. The van der Waals surface area contributed by atoms with Crippen LogP contribution < -0.4 is 10.5 Å².